The fraction of sp³-hybridized carbons (Fsp3) is 0.833. The van der Waals surface area contributed by atoms with Crippen LogP contribution in [0.15, 0.2) is 11.6 Å². The molecule has 1 fully saturated rings. The molecule has 0 radical (unpaired) electrons. The molecule has 0 aromatic carbocycles. The largest absolute Gasteiger partial charge is 0.377 e. The van der Waals surface area contributed by atoms with Gasteiger partial charge in [0.2, 0.25) is 10.0 Å². The summed E-state index contributed by atoms with van der Waals surface area (Å²) in [4.78, 5) is 0. The van der Waals surface area contributed by atoms with E-state index in [1.807, 2.05) is 6.08 Å². The van der Waals surface area contributed by atoms with Crippen molar-refractivity contribution >= 4 is 10.0 Å². The molecule has 1 atom stereocenters. The van der Waals surface area contributed by atoms with Gasteiger partial charge in [-0.25, -0.2) is 8.42 Å². The molecule has 2 rings (SSSR count). The molecule has 1 saturated heterocycles. The second-order valence-electron chi connectivity index (χ2n) is 5.14. The molecule has 0 saturated carbocycles. The molecule has 0 aromatic heterocycles. The van der Waals surface area contributed by atoms with E-state index < -0.39 is 10.0 Å². The molecule has 2 aliphatic rings. The molecule has 5 heteroatoms. The maximum atomic E-state index is 12.2. The standard InChI is InChI=1S/C12H21NO3S/c1-10(2)11-5-6-13(8-11)17(14,15)9-12-4-3-7-16-12/h5,10,12H,3-4,6-9H2,1-2H3. The van der Waals surface area contributed by atoms with Crippen LogP contribution < -0.4 is 0 Å². The van der Waals surface area contributed by atoms with Gasteiger partial charge in [0.1, 0.15) is 0 Å². The number of hydrogen-bond acceptors (Lipinski definition) is 3. The SMILES string of the molecule is CC(C)C1=CCN(S(=O)(=O)CC2CCCO2)C1. The summed E-state index contributed by atoms with van der Waals surface area (Å²) in [6.07, 6.45) is 3.80. The Kier molecular flexibility index (Phi) is 3.90. The van der Waals surface area contributed by atoms with E-state index in [0.717, 1.165) is 12.8 Å². The molecule has 2 aliphatic heterocycles. The van der Waals surface area contributed by atoms with Gasteiger partial charge in [0.05, 0.1) is 11.9 Å². The highest BCUT2D eigenvalue weighted by Gasteiger charge is 2.31. The summed E-state index contributed by atoms with van der Waals surface area (Å²) in [5.74, 6) is 0.574. The monoisotopic (exact) mass is 259 g/mol. The molecule has 0 spiro atoms. The van der Waals surface area contributed by atoms with Gasteiger partial charge in [-0.2, -0.15) is 4.31 Å². The maximum absolute atomic E-state index is 12.2. The highest BCUT2D eigenvalue weighted by atomic mass is 32.2. The topological polar surface area (TPSA) is 46.6 Å². The lowest BCUT2D eigenvalue weighted by molar-refractivity contribution is 0.126. The molecule has 17 heavy (non-hydrogen) atoms. The summed E-state index contributed by atoms with van der Waals surface area (Å²) in [7, 11) is -3.15. The van der Waals surface area contributed by atoms with Gasteiger partial charge in [0.15, 0.2) is 0 Å². The van der Waals surface area contributed by atoms with Gasteiger partial charge in [-0.15, -0.1) is 0 Å². The molecule has 0 N–H and O–H groups in total. The molecule has 1 unspecified atom stereocenters. The first-order valence-corrected chi connectivity index (χ1v) is 7.88. The molecule has 2 heterocycles. The third-order valence-electron chi connectivity index (χ3n) is 3.47. The number of ether oxygens (including phenoxy) is 1. The zero-order valence-electron chi connectivity index (χ0n) is 10.6. The third kappa shape index (κ3) is 3.09. The fourth-order valence-electron chi connectivity index (χ4n) is 2.30. The summed E-state index contributed by atoms with van der Waals surface area (Å²) in [6.45, 7) is 6.00. The second-order valence-corrected chi connectivity index (χ2v) is 7.15. The minimum Gasteiger partial charge on any atom is -0.377 e. The van der Waals surface area contributed by atoms with Crippen LogP contribution in [0.4, 0.5) is 0 Å². The van der Waals surface area contributed by atoms with E-state index in [4.69, 9.17) is 4.74 Å². The van der Waals surface area contributed by atoms with E-state index in [2.05, 4.69) is 13.8 Å². The van der Waals surface area contributed by atoms with Crippen LogP contribution in [0.5, 0.6) is 0 Å². The van der Waals surface area contributed by atoms with E-state index in [1.54, 1.807) is 4.31 Å². The minimum absolute atomic E-state index is 0.0944. The predicted octanol–water partition coefficient (Wildman–Crippen LogP) is 1.39. The molecule has 0 bridgehead atoms. The van der Waals surface area contributed by atoms with Crippen LogP contribution in [-0.4, -0.2) is 44.3 Å². The molecular weight excluding hydrogens is 238 g/mol. The average Bonchev–Trinajstić information content (AvgIpc) is 2.84. The highest BCUT2D eigenvalue weighted by Crippen LogP contribution is 2.22. The van der Waals surface area contributed by atoms with Crippen LogP contribution in [-0.2, 0) is 14.8 Å². The van der Waals surface area contributed by atoms with Crippen molar-refractivity contribution < 1.29 is 13.2 Å². The Morgan fingerprint density at radius 3 is 2.82 bits per heavy atom. The van der Waals surface area contributed by atoms with Crippen LogP contribution in [0.25, 0.3) is 0 Å². The molecule has 4 nitrogen and oxygen atoms in total. The lowest BCUT2D eigenvalue weighted by Crippen LogP contribution is -2.35. The summed E-state index contributed by atoms with van der Waals surface area (Å²) in [6, 6.07) is 0. The fourth-order valence-corrected chi connectivity index (χ4v) is 3.89. The summed E-state index contributed by atoms with van der Waals surface area (Å²) in [5, 5.41) is 0. The van der Waals surface area contributed by atoms with Crippen molar-refractivity contribution in [2.45, 2.75) is 32.8 Å². The van der Waals surface area contributed by atoms with Crippen molar-refractivity contribution in [3.05, 3.63) is 11.6 Å². The average molecular weight is 259 g/mol. The number of hydrogen-bond donors (Lipinski definition) is 0. The minimum atomic E-state index is -3.15. The Bertz CT molecular complexity index is 394. The van der Waals surface area contributed by atoms with Crippen molar-refractivity contribution in [1.82, 2.24) is 4.31 Å². The zero-order valence-corrected chi connectivity index (χ0v) is 11.4. The van der Waals surface area contributed by atoms with E-state index in [1.165, 1.54) is 5.57 Å². The number of rotatable bonds is 4. The first-order chi connectivity index (χ1) is 7.99. The van der Waals surface area contributed by atoms with Gasteiger partial charge in [-0.1, -0.05) is 25.5 Å². The van der Waals surface area contributed by atoms with Crippen LogP contribution in [0.2, 0.25) is 0 Å². The summed E-state index contributed by atoms with van der Waals surface area (Å²) in [5.41, 5.74) is 1.22. The van der Waals surface area contributed by atoms with Crippen LogP contribution in [0.3, 0.4) is 0 Å². The molecule has 98 valence electrons. The van der Waals surface area contributed by atoms with Gasteiger partial charge < -0.3 is 4.74 Å². The number of sulfonamides is 1. The summed E-state index contributed by atoms with van der Waals surface area (Å²) < 4.78 is 31.3. The zero-order chi connectivity index (χ0) is 12.5. The predicted molar refractivity (Wildman–Crippen MR) is 67.3 cm³/mol. The van der Waals surface area contributed by atoms with Gasteiger partial charge in [-0.3, -0.25) is 0 Å². The smallest absolute Gasteiger partial charge is 0.217 e. The second kappa shape index (κ2) is 5.08. The lowest BCUT2D eigenvalue weighted by atomic mass is 10.1. The van der Waals surface area contributed by atoms with E-state index >= 15 is 0 Å². The van der Waals surface area contributed by atoms with Crippen molar-refractivity contribution in [2.24, 2.45) is 5.92 Å². The van der Waals surface area contributed by atoms with Gasteiger partial charge >= 0.3 is 0 Å². The Morgan fingerprint density at radius 1 is 1.53 bits per heavy atom. The molecule has 0 aliphatic carbocycles. The normalized spacial score (nSPS) is 26.8. The Morgan fingerprint density at radius 2 is 2.29 bits per heavy atom. The Balaban J connectivity index is 1.94. The lowest BCUT2D eigenvalue weighted by Gasteiger charge is -2.19. The Labute approximate surface area is 104 Å². The third-order valence-corrected chi connectivity index (χ3v) is 5.33. The van der Waals surface area contributed by atoms with Crippen molar-refractivity contribution in [2.75, 3.05) is 25.4 Å². The van der Waals surface area contributed by atoms with Crippen molar-refractivity contribution in [3.8, 4) is 0 Å². The van der Waals surface area contributed by atoms with Gasteiger partial charge in [0, 0.05) is 19.7 Å². The van der Waals surface area contributed by atoms with E-state index in [-0.39, 0.29) is 11.9 Å². The highest BCUT2D eigenvalue weighted by molar-refractivity contribution is 7.89. The van der Waals surface area contributed by atoms with E-state index in [0.29, 0.717) is 25.6 Å². The molecule has 0 aromatic rings. The van der Waals surface area contributed by atoms with Crippen LogP contribution >= 0.6 is 0 Å². The maximum Gasteiger partial charge on any atom is 0.217 e. The van der Waals surface area contributed by atoms with Crippen molar-refractivity contribution in [3.63, 3.8) is 0 Å². The first kappa shape index (κ1) is 13.1. The van der Waals surface area contributed by atoms with E-state index in [9.17, 15) is 8.42 Å². The van der Waals surface area contributed by atoms with Crippen LogP contribution in [0, 0.1) is 5.92 Å². The quantitative estimate of drug-likeness (QED) is 0.717. The first-order valence-electron chi connectivity index (χ1n) is 6.27. The van der Waals surface area contributed by atoms with Crippen LogP contribution in [0.1, 0.15) is 26.7 Å². The molecule has 0 amide bonds. The Hall–Kier alpha value is -0.390. The molecular formula is C12H21NO3S. The van der Waals surface area contributed by atoms with Crippen molar-refractivity contribution in [1.29, 1.82) is 0 Å². The number of nitrogens with zero attached hydrogens (tertiary/aromatic N) is 1. The van der Waals surface area contributed by atoms with Gasteiger partial charge in [0.25, 0.3) is 0 Å². The van der Waals surface area contributed by atoms with Gasteiger partial charge in [-0.05, 0) is 18.8 Å². The summed E-state index contributed by atoms with van der Waals surface area (Å²) >= 11 is 0.